The molecule has 0 saturated carbocycles. The van der Waals surface area contributed by atoms with Crippen LogP contribution in [0.25, 0.3) is 0 Å². The average molecular weight is 408 g/mol. The first-order chi connectivity index (χ1) is 14.8. The minimum atomic E-state index is 0.504. The summed E-state index contributed by atoms with van der Waals surface area (Å²) >= 11 is 0. The molecule has 0 aliphatic rings. The van der Waals surface area contributed by atoms with Crippen LogP contribution in [0.5, 0.6) is 11.5 Å². The molecule has 0 aliphatic heterocycles. The maximum Gasteiger partial charge on any atom is 0.191 e. The summed E-state index contributed by atoms with van der Waals surface area (Å²) in [6.45, 7) is 2.83. The van der Waals surface area contributed by atoms with Crippen molar-refractivity contribution in [3.8, 4) is 11.5 Å². The number of hydrogen-bond acceptors (Lipinski definition) is 4. The number of aromatic nitrogens is 2. The second-order valence-electron chi connectivity index (χ2n) is 6.73. The standard InChI is InChI=1S/C23H29N5O2/c1-24-23(25-12-6-14-28-15-7-13-27-28)26-17-20-10-11-21(22(16-20)29-2)30-18-19-8-4-3-5-9-19/h3-5,7-11,13,15-16H,6,12,14,17-18H2,1-2H3,(H2,24,25,26). The van der Waals surface area contributed by atoms with Crippen LogP contribution in [0.2, 0.25) is 0 Å². The molecule has 3 rings (SSSR count). The Balaban J connectivity index is 1.46. The zero-order chi connectivity index (χ0) is 21.0. The summed E-state index contributed by atoms with van der Waals surface area (Å²) in [5.74, 6) is 2.21. The van der Waals surface area contributed by atoms with Crippen LogP contribution in [0.1, 0.15) is 17.5 Å². The summed E-state index contributed by atoms with van der Waals surface area (Å²) in [6.07, 6.45) is 4.72. The minimum absolute atomic E-state index is 0.504. The number of hydrogen-bond donors (Lipinski definition) is 2. The van der Waals surface area contributed by atoms with Crippen LogP contribution in [0.3, 0.4) is 0 Å². The number of ether oxygens (including phenoxy) is 2. The highest BCUT2D eigenvalue weighted by molar-refractivity contribution is 5.79. The molecule has 0 amide bonds. The number of rotatable bonds is 10. The van der Waals surface area contributed by atoms with E-state index in [1.165, 1.54) is 0 Å². The summed E-state index contributed by atoms with van der Waals surface area (Å²) < 4.78 is 13.4. The van der Waals surface area contributed by atoms with Gasteiger partial charge in [0.05, 0.1) is 7.11 Å². The van der Waals surface area contributed by atoms with Gasteiger partial charge >= 0.3 is 0 Å². The fourth-order valence-electron chi connectivity index (χ4n) is 2.96. The van der Waals surface area contributed by atoms with Crippen molar-refractivity contribution in [1.29, 1.82) is 0 Å². The smallest absolute Gasteiger partial charge is 0.191 e. The van der Waals surface area contributed by atoms with Crippen molar-refractivity contribution < 1.29 is 9.47 Å². The van der Waals surface area contributed by atoms with Crippen molar-refractivity contribution in [1.82, 2.24) is 20.4 Å². The third-order valence-electron chi connectivity index (χ3n) is 4.56. The molecule has 0 radical (unpaired) electrons. The summed E-state index contributed by atoms with van der Waals surface area (Å²) in [4.78, 5) is 4.28. The lowest BCUT2D eigenvalue weighted by Gasteiger charge is -2.14. The van der Waals surface area contributed by atoms with Gasteiger partial charge in [0.2, 0.25) is 0 Å². The van der Waals surface area contributed by atoms with Gasteiger partial charge in [-0.05, 0) is 35.7 Å². The number of nitrogens with zero attached hydrogens (tertiary/aromatic N) is 3. The Hall–Kier alpha value is -3.48. The van der Waals surface area contributed by atoms with Gasteiger partial charge in [-0.2, -0.15) is 5.10 Å². The van der Waals surface area contributed by atoms with Crippen LogP contribution < -0.4 is 20.1 Å². The first kappa shape index (κ1) is 21.2. The van der Waals surface area contributed by atoms with Gasteiger partial charge in [0, 0.05) is 39.1 Å². The maximum absolute atomic E-state index is 5.92. The largest absolute Gasteiger partial charge is 0.493 e. The van der Waals surface area contributed by atoms with Crippen LogP contribution in [0.4, 0.5) is 0 Å². The topological polar surface area (TPSA) is 72.7 Å². The molecule has 30 heavy (non-hydrogen) atoms. The van der Waals surface area contributed by atoms with Gasteiger partial charge in [0.15, 0.2) is 17.5 Å². The summed E-state index contributed by atoms with van der Waals surface area (Å²) in [7, 11) is 3.42. The number of guanidine groups is 1. The fourth-order valence-corrected chi connectivity index (χ4v) is 2.96. The number of benzene rings is 2. The predicted molar refractivity (Wildman–Crippen MR) is 119 cm³/mol. The SMILES string of the molecule is CN=C(NCCCn1cccn1)NCc1ccc(OCc2ccccc2)c(OC)c1. The highest BCUT2D eigenvalue weighted by Gasteiger charge is 2.07. The minimum Gasteiger partial charge on any atom is -0.493 e. The highest BCUT2D eigenvalue weighted by atomic mass is 16.5. The fraction of sp³-hybridized carbons (Fsp3) is 0.304. The van der Waals surface area contributed by atoms with Gasteiger partial charge in [0.25, 0.3) is 0 Å². The van der Waals surface area contributed by atoms with Crippen molar-refractivity contribution >= 4 is 5.96 Å². The van der Waals surface area contributed by atoms with Crippen LogP contribution in [0, 0.1) is 0 Å². The van der Waals surface area contributed by atoms with E-state index in [-0.39, 0.29) is 0 Å². The third-order valence-corrected chi connectivity index (χ3v) is 4.56. The van der Waals surface area contributed by atoms with Crippen molar-refractivity contribution in [3.63, 3.8) is 0 Å². The van der Waals surface area contributed by atoms with Gasteiger partial charge in [-0.3, -0.25) is 9.67 Å². The second-order valence-corrected chi connectivity index (χ2v) is 6.73. The van der Waals surface area contributed by atoms with E-state index in [2.05, 4.69) is 20.7 Å². The van der Waals surface area contributed by atoms with Crippen molar-refractivity contribution in [2.75, 3.05) is 20.7 Å². The quantitative estimate of drug-likeness (QED) is 0.307. The Morgan fingerprint density at radius 3 is 2.63 bits per heavy atom. The number of methoxy groups -OCH3 is 1. The van der Waals surface area contributed by atoms with E-state index in [4.69, 9.17) is 9.47 Å². The van der Waals surface area contributed by atoms with E-state index in [0.717, 1.165) is 42.3 Å². The summed E-state index contributed by atoms with van der Waals surface area (Å²) in [6, 6.07) is 18.0. The Morgan fingerprint density at radius 1 is 1.03 bits per heavy atom. The second kappa shape index (κ2) is 11.5. The molecule has 0 atom stereocenters. The molecule has 158 valence electrons. The molecule has 2 aromatic carbocycles. The lowest BCUT2D eigenvalue weighted by Crippen LogP contribution is -2.37. The van der Waals surface area contributed by atoms with Crippen LogP contribution in [-0.2, 0) is 19.7 Å². The van der Waals surface area contributed by atoms with Crippen LogP contribution in [-0.4, -0.2) is 36.4 Å². The maximum atomic E-state index is 5.92. The molecule has 3 aromatic rings. The molecule has 0 bridgehead atoms. The zero-order valence-corrected chi connectivity index (χ0v) is 17.5. The molecule has 0 fully saturated rings. The van der Waals surface area contributed by atoms with Crippen molar-refractivity contribution in [3.05, 3.63) is 78.1 Å². The van der Waals surface area contributed by atoms with Crippen LogP contribution in [0.15, 0.2) is 72.0 Å². The molecular weight excluding hydrogens is 378 g/mol. The lowest BCUT2D eigenvalue weighted by molar-refractivity contribution is 0.284. The molecule has 0 saturated heterocycles. The molecule has 0 aliphatic carbocycles. The molecule has 1 aromatic heterocycles. The normalized spacial score (nSPS) is 11.2. The predicted octanol–water partition coefficient (Wildman–Crippen LogP) is 3.23. The van der Waals surface area contributed by atoms with E-state index in [1.807, 2.05) is 65.5 Å². The van der Waals surface area contributed by atoms with Crippen LogP contribution >= 0.6 is 0 Å². The molecular formula is C23H29N5O2. The number of nitrogens with one attached hydrogen (secondary N) is 2. The van der Waals surface area contributed by atoms with E-state index < -0.39 is 0 Å². The van der Waals surface area contributed by atoms with Crippen molar-refractivity contribution in [2.24, 2.45) is 4.99 Å². The zero-order valence-electron chi connectivity index (χ0n) is 17.5. The lowest BCUT2D eigenvalue weighted by atomic mass is 10.2. The van der Waals surface area contributed by atoms with Gasteiger partial charge in [0.1, 0.15) is 6.61 Å². The third kappa shape index (κ3) is 6.55. The molecule has 2 N–H and O–H groups in total. The van der Waals surface area contributed by atoms with E-state index in [0.29, 0.717) is 18.9 Å². The van der Waals surface area contributed by atoms with E-state index in [9.17, 15) is 0 Å². The van der Waals surface area contributed by atoms with E-state index in [1.54, 1.807) is 20.4 Å². The molecule has 1 heterocycles. The number of aliphatic imine (C=N–C) groups is 1. The summed E-state index contributed by atoms with van der Waals surface area (Å²) in [5, 5.41) is 10.9. The van der Waals surface area contributed by atoms with Gasteiger partial charge in [-0.1, -0.05) is 36.4 Å². The highest BCUT2D eigenvalue weighted by Crippen LogP contribution is 2.28. The van der Waals surface area contributed by atoms with Crippen molar-refractivity contribution in [2.45, 2.75) is 26.1 Å². The average Bonchev–Trinajstić information content (AvgIpc) is 3.31. The number of aryl methyl sites for hydroxylation is 1. The summed E-state index contributed by atoms with van der Waals surface area (Å²) in [5.41, 5.74) is 2.20. The Morgan fingerprint density at radius 2 is 1.90 bits per heavy atom. The first-order valence-electron chi connectivity index (χ1n) is 10.0. The Bertz CT molecular complexity index is 911. The van der Waals surface area contributed by atoms with Gasteiger partial charge in [-0.25, -0.2) is 0 Å². The molecule has 7 nitrogen and oxygen atoms in total. The van der Waals surface area contributed by atoms with Gasteiger partial charge < -0.3 is 20.1 Å². The Labute approximate surface area is 177 Å². The Kier molecular flexibility index (Phi) is 8.14. The first-order valence-corrected chi connectivity index (χ1v) is 10.0. The monoisotopic (exact) mass is 407 g/mol. The molecule has 0 unspecified atom stereocenters. The van der Waals surface area contributed by atoms with Gasteiger partial charge in [-0.15, -0.1) is 0 Å². The molecule has 0 spiro atoms. The van der Waals surface area contributed by atoms with E-state index >= 15 is 0 Å². The molecule has 7 heteroatoms.